The quantitative estimate of drug-likeness (QED) is 0.692. The van der Waals surface area contributed by atoms with E-state index in [1.807, 2.05) is 32.0 Å². The van der Waals surface area contributed by atoms with Gasteiger partial charge in [0.15, 0.2) is 17.3 Å². The van der Waals surface area contributed by atoms with Gasteiger partial charge < -0.3 is 14.8 Å². The molecule has 3 heterocycles. The third-order valence-electron chi connectivity index (χ3n) is 4.50. The molecule has 150 valence electrons. The van der Waals surface area contributed by atoms with Gasteiger partial charge in [-0.15, -0.1) is 5.10 Å². The van der Waals surface area contributed by atoms with E-state index in [-0.39, 0.29) is 31.2 Å². The van der Waals surface area contributed by atoms with Crippen LogP contribution in [0.2, 0.25) is 0 Å². The van der Waals surface area contributed by atoms with E-state index in [4.69, 9.17) is 9.47 Å². The molecule has 3 aromatic rings. The number of aromatic nitrogens is 4. The van der Waals surface area contributed by atoms with Crippen LogP contribution in [0.15, 0.2) is 47.3 Å². The van der Waals surface area contributed by atoms with Crippen LogP contribution < -0.4 is 20.3 Å². The zero-order valence-electron chi connectivity index (χ0n) is 16.2. The normalized spacial score (nSPS) is 15.2. The number of para-hydroxylation sites is 2. The predicted octanol–water partition coefficient (Wildman–Crippen LogP) is 1.00. The minimum absolute atomic E-state index is 0.133. The topological polar surface area (TPSA) is 100 Å². The average Bonchev–Trinajstić information content (AvgIpc) is 3.07. The first-order valence-corrected chi connectivity index (χ1v) is 9.29. The molecular weight excluding hydrogens is 374 g/mol. The number of benzene rings is 1. The Morgan fingerprint density at radius 1 is 1.17 bits per heavy atom. The summed E-state index contributed by atoms with van der Waals surface area (Å²) >= 11 is 0. The minimum atomic E-state index is -0.740. The van der Waals surface area contributed by atoms with Crippen molar-refractivity contribution in [3.63, 3.8) is 0 Å². The average molecular weight is 395 g/mol. The fourth-order valence-electron chi connectivity index (χ4n) is 3.12. The van der Waals surface area contributed by atoms with E-state index in [2.05, 4.69) is 15.5 Å². The van der Waals surface area contributed by atoms with Crippen molar-refractivity contribution in [2.75, 3.05) is 13.2 Å². The second kappa shape index (κ2) is 7.78. The van der Waals surface area contributed by atoms with Gasteiger partial charge >= 0.3 is 0 Å². The maximum absolute atomic E-state index is 12.4. The third kappa shape index (κ3) is 3.98. The summed E-state index contributed by atoms with van der Waals surface area (Å²) in [6.07, 6.45) is -0.740. The molecule has 0 fully saturated rings. The summed E-state index contributed by atoms with van der Waals surface area (Å²) in [5.74, 6) is 1.40. The van der Waals surface area contributed by atoms with Crippen molar-refractivity contribution < 1.29 is 14.3 Å². The molecule has 9 heteroatoms. The van der Waals surface area contributed by atoms with Crippen molar-refractivity contribution in [1.82, 2.24) is 24.9 Å². The van der Waals surface area contributed by atoms with Crippen LogP contribution in [-0.4, -0.2) is 44.7 Å². The Morgan fingerprint density at radius 3 is 2.72 bits per heavy atom. The number of carbonyl (C=O) groups excluding carboxylic acids is 1. The maximum Gasteiger partial charge on any atom is 0.266 e. The molecule has 0 saturated heterocycles. The summed E-state index contributed by atoms with van der Waals surface area (Å²) in [7, 11) is 0. The number of hydrogen-bond donors (Lipinski definition) is 1. The van der Waals surface area contributed by atoms with Crippen LogP contribution >= 0.6 is 0 Å². The molecule has 1 aromatic carbocycles. The first-order valence-electron chi connectivity index (χ1n) is 9.29. The third-order valence-corrected chi connectivity index (χ3v) is 4.50. The van der Waals surface area contributed by atoms with Crippen LogP contribution in [0.3, 0.4) is 0 Å². The van der Waals surface area contributed by atoms with Crippen LogP contribution in [0.4, 0.5) is 0 Å². The number of ether oxygens (including phenoxy) is 2. The fourth-order valence-corrected chi connectivity index (χ4v) is 3.12. The molecule has 2 aromatic heterocycles. The molecule has 0 unspecified atom stereocenters. The van der Waals surface area contributed by atoms with E-state index in [0.717, 1.165) is 11.4 Å². The number of rotatable bonds is 5. The number of fused-ring (bicyclic) bond motifs is 1. The minimum Gasteiger partial charge on any atom is -0.485 e. The fraction of sp³-hybridized carbons (Fsp3) is 0.300. The molecule has 1 aliphatic rings. The zero-order valence-corrected chi connectivity index (χ0v) is 16.2. The van der Waals surface area contributed by atoms with Gasteiger partial charge in [0.2, 0.25) is 6.10 Å². The molecule has 0 spiro atoms. The lowest BCUT2D eigenvalue weighted by atomic mass is 10.2. The number of aryl methyl sites for hydroxylation is 2. The Morgan fingerprint density at radius 2 is 1.97 bits per heavy atom. The number of amides is 1. The zero-order chi connectivity index (χ0) is 20.4. The second-order valence-corrected chi connectivity index (χ2v) is 6.75. The summed E-state index contributed by atoms with van der Waals surface area (Å²) in [6.45, 7) is 4.40. The summed E-state index contributed by atoms with van der Waals surface area (Å²) < 4.78 is 14.2. The Bertz CT molecular complexity index is 1100. The van der Waals surface area contributed by atoms with Gasteiger partial charge in [-0.25, -0.2) is 9.36 Å². The van der Waals surface area contributed by atoms with Gasteiger partial charge in [-0.3, -0.25) is 9.59 Å². The van der Waals surface area contributed by atoms with Crippen molar-refractivity contribution in [3.8, 4) is 17.3 Å². The van der Waals surface area contributed by atoms with Gasteiger partial charge in [-0.1, -0.05) is 12.1 Å². The van der Waals surface area contributed by atoms with Crippen LogP contribution in [0.25, 0.3) is 5.82 Å². The highest BCUT2D eigenvalue weighted by Crippen LogP contribution is 2.30. The molecule has 29 heavy (non-hydrogen) atoms. The Balaban J connectivity index is 1.38. The van der Waals surface area contributed by atoms with Gasteiger partial charge in [-0.2, -0.15) is 5.10 Å². The van der Waals surface area contributed by atoms with Crippen LogP contribution in [0, 0.1) is 13.8 Å². The molecule has 0 bridgehead atoms. The molecule has 1 atom stereocenters. The number of hydrogen-bond acceptors (Lipinski definition) is 6. The van der Waals surface area contributed by atoms with Crippen molar-refractivity contribution in [3.05, 3.63) is 64.2 Å². The maximum atomic E-state index is 12.4. The van der Waals surface area contributed by atoms with Crippen LogP contribution in [-0.2, 0) is 11.3 Å². The lowest BCUT2D eigenvalue weighted by molar-refractivity contribution is -0.130. The van der Waals surface area contributed by atoms with E-state index < -0.39 is 6.10 Å². The van der Waals surface area contributed by atoms with Crippen LogP contribution in [0.5, 0.6) is 11.5 Å². The summed E-state index contributed by atoms with van der Waals surface area (Å²) in [5, 5.41) is 11.5. The van der Waals surface area contributed by atoms with E-state index >= 15 is 0 Å². The molecule has 0 radical (unpaired) electrons. The van der Waals surface area contributed by atoms with Gasteiger partial charge in [0.05, 0.1) is 12.2 Å². The summed E-state index contributed by atoms with van der Waals surface area (Å²) in [4.78, 5) is 24.5. The van der Waals surface area contributed by atoms with E-state index in [0.29, 0.717) is 17.3 Å². The van der Waals surface area contributed by atoms with Crippen molar-refractivity contribution in [2.24, 2.45) is 0 Å². The van der Waals surface area contributed by atoms with E-state index in [1.54, 1.807) is 22.9 Å². The van der Waals surface area contributed by atoms with Gasteiger partial charge in [0, 0.05) is 18.3 Å². The Labute approximate surface area is 166 Å². The molecule has 0 saturated carbocycles. The Kier molecular flexibility index (Phi) is 5.03. The smallest absolute Gasteiger partial charge is 0.266 e. The first-order chi connectivity index (χ1) is 14.0. The second-order valence-electron chi connectivity index (χ2n) is 6.75. The van der Waals surface area contributed by atoms with Gasteiger partial charge in [0.1, 0.15) is 6.61 Å². The number of nitrogens with zero attached hydrogens (tertiary/aromatic N) is 4. The summed E-state index contributed by atoms with van der Waals surface area (Å²) in [5.41, 5.74) is 1.53. The van der Waals surface area contributed by atoms with Crippen LogP contribution in [0.1, 0.15) is 11.4 Å². The first kappa shape index (κ1) is 18.7. The van der Waals surface area contributed by atoms with E-state index in [9.17, 15) is 9.59 Å². The molecule has 4 rings (SSSR count). The molecule has 1 aliphatic heterocycles. The largest absolute Gasteiger partial charge is 0.485 e. The van der Waals surface area contributed by atoms with Crippen molar-refractivity contribution in [2.45, 2.75) is 26.5 Å². The van der Waals surface area contributed by atoms with E-state index in [1.165, 1.54) is 10.7 Å². The monoisotopic (exact) mass is 395 g/mol. The predicted molar refractivity (Wildman–Crippen MR) is 104 cm³/mol. The highest BCUT2D eigenvalue weighted by atomic mass is 16.6. The lowest BCUT2D eigenvalue weighted by Crippen LogP contribution is -2.45. The lowest BCUT2D eigenvalue weighted by Gasteiger charge is -2.25. The Hall–Kier alpha value is -3.62. The molecule has 1 N–H and O–H groups in total. The highest BCUT2D eigenvalue weighted by molar-refractivity contribution is 5.81. The molecule has 0 aliphatic carbocycles. The molecule has 1 amide bonds. The molecule has 9 nitrogen and oxygen atoms in total. The summed E-state index contributed by atoms with van der Waals surface area (Å²) in [6, 6.07) is 12.2. The SMILES string of the molecule is Cc1cc(C)n(-c2ccc(=O)n(CCNC(=O)[C@H]3COc4ccccc4O3)n2)n1. The number of nitrogens with one attached hydrogen (secondary N) is 1. The van der Waals surface area contributed by atoms with Crippen molar-refractivity contribution >= 4 is 5.91 Å². The van der Waals surface area contributed by atoms with Crippen molar-refractivity contribution in [1.29, 1.82) is 0 Å². The highest BCUT2D eigenvalue weighted by Gasteiger charge is 2.26. The standard InChI is InChI=1S/C20H21N5O4/c1-13-11-14(2)25(22-13)18-7-8-19(26)24(23-18)10-9-21-20(27)17-12-28-15-5-3-4-6-16(15)29-17/h3-8,11,17H,9-10,12H2,1-2H3,(H,21,27)/t17-/m1/s1. The van der Waals surface area contributed by atoms with Gasteiger partial charge in [0.25, 0.3) is 11.5 Å². The molecular formula is C20H21N5O4. The number of carbonyl (C=O) groups is 1. The van der Waals surface area contributed by atoms with Gasteiger partial charge in [-0.05, 0) is 38.1 Å².